The van der Waals surface area contributed by atoms with Gasteiger partial charge in [0, 0.05) is 0 Å². The third-order valence-electron chi connectivity index (χ3n) is 3.62. The summed E-state index contributed by atoms with van der Waals surface area (Å²) in [4.78, 5) is 0. The molecule has 1 aliphatic carbocycles. The van der Waals surface area contributed by atoms with Crippen molar-refractivity contribution in [2.24, 2.45) is 0 Å². The molecule has 0 unspecified atom stereocenters. The molecule has 2 heteroatoms. The third kappa shape index (κ3) is 2.58. The molecule has 0 saturated heterocycles. The zero-order chi connectivity index (χ0) is 13.1. The summed E-state index contributed by atoms with van der Waals surface area (Å²) in [6, 6.07) is 14.5. The summed E-state index contributed by atoms with van der Waals surface area (Å²) in [5.41, 5.74) is 3.98. The fourth-order valence-electron chi connectivity index (χ4n) is 2.59. The maximum absolute atomic E-state index is 5.91. The van der Waals surface area contributed by atoms with Crippen LogP contribution in [0, 0.1) is 0 Å². The highest BCUT2D eigenvalue weighted by Gasteiger charge is 2.15. The van der Waals surface area contributed by atoms with Crippen molar-refractivity contribution >= 4 is 0 Å². The minimum absolute atomic E-state index is 0.579. The number of ether oxygens (including phenoxy) is 2. The van der Waals surface area contributed by atoms with E-state index < -0.39 is 0 Å². The van der Waals surface area contributed by atoms with Gasteiger partial charge in [-0.2, -0.15) is 0 Å². The van der Waals surface area contributed by atoms with Crippen LogP contribution in [-0.4, -0.2) is 7.11 Å². The molecule has 3 rings (SSSR count). The van der Waals surface area contributed by atoms with E-state index in [1.807, 2.05) is 18.2 Å². The van der Waals surface area contributed by atoms with Crippen LogP contribution in [0.25, 0.3) is 0 Å². The Hall–Kier alpha value is -1.96. The van der Waals surface area contributed by atoms with Crippen LogP contribution in [0.4, 0.5) is 0 Å². The lowest BCUT2D eigenvalue weighted by Gasteiger charge is -2.13. The molecule has 0 radical (unpaired) electrons. The van der Waals surface area contributed by atoms with E-state index in [-0.39, 0.29) is 0 Å². The predicted octanol–water partition coefficient (Wildman–Crippen LogP) is 3.76. The van der Waals surface area contributed by atoms with E-state index in [1.54, 1.807) is 7.11 Å². The van der Waals surface area contributed by atoms with Crippen LogP contribution in [0.1, 0.15) is 23.1 Å². The van der Waals surface area contributed by atoms with Crippen molar-refractivity contribution in [1.29, 1.82) is 0 Å². The molecule has 0 atom stereocenters. The van der Waals surface area contributed by atoms with Gasteiger partial charge < -0.3 is 9.47 Å². The Balaban J connectivity index is 1.80. The first kappa shape index (κ1) is 12.1. The van der Waals surface area contributed by atoms with Crippen molar-refractivity contribution < 1.29 is 9.47 Å². The summed E-state index contributed by atoms with van der Waals surface area (Å²) in [6.45, 7) is 0.579. The molecule has 19 heavy (non-hydrogen) atoms. The topological polar surface area (TPSA) is 18.5 Å². The molecule has 0 spiro atoms. The molecule has 0 amide bonds. The lowest BCUT2D eigenvalue weighted by atomic mass is 10.1. The Bertz CT molecular complexity index is 561. The van der Waals surface area contributed by atoms with Gasteiger partial charge in [0.25, 0.3) is 0 Å². The first-order chi connectivity index (χ1) is 9.36. The number of methoxy groups -OCH3 is 1. The van der Waals surface area contributed by atoms with Crippen LogP contribution in [-0.2, 0) is 19.4 Å². The molecular formula is C17H18O2. The quantitative estimate of drug-likeness (QED) is 0.827. The van der Waals surface area contributed by atoms with Gasteiger partial charge in [-0.1, -0.05) is 30.3 Å². The van der Waals surface area contributed by atoms with Crippen LogP contribution in [0.15, 0.2) is 42.5 Å². The largest absolute Gasteiger partial charge is 0.493 e. The molecule has 0 saturated carbocycles. The Kier molecular flexibility index (Phi) is 3.41. The van der Waals surface area contributed by atoms with E-state index in [2.05, 4.69) is 24.3 Å². The van der Waals surface area contributed by atoms with Gasteiger partial charge in [-0.05, 0) is 48.1 Å². The normalized spacial score (nSPS) is 13.1. The number of benzene rings is 2. The van der Waals surface area contributed by atoms with Crippen molar-refractivity contribution in [3.8, 4) is 11.5 Å². The average Bonchev–Trinajstić information content (AvgIpc) is 2.92. The lowest BCUT2D eigenvalue weighted by molar-refractivity contribution is 0.284. The van der Waals surface area contributed by atoms with Gasteiger partial charge in [-0.15, -0.1) is 0 Å². The zero-order valence-electron chi connectivity index (χ0n) is 11.2. The van der Waals surface area contributed by atoms with Crippen molar-refractivity contribution in [3.05, 3.63) is 59.2 Å². The molecule has 0 N–H and O–H groups in total. The molecule has 2 nitrogen and oxygen atoms in total. The van der Waals surface area contributed by atoms with Crippen LogP contribution in [0.5, 0.6) is 11.5 Å². The Morgan fingerprint density at radius 1 is 0.947 bits per heavy atom. The minimum atomic E-state index is 0.579. The molecule has 0 aromatic heterocycles. The maximum atomic E-state index is 5.91. The molecule has 0 aliphatic heterocycles. The van der Waals surface area contributed by atoms with Crippen molar-refractivity contribution in [2.45, 2.75) is 25.9 Å². The van der Waals surface area contributed by atoms with Crippen molar-refractivity contribution in [2.75, 3.05) is 7.11 Å². The van der Waals surface area contributed by atoms with E-state index in [4.69, 9.17) is 9.47 Å². The summed E-state index contributed by atoms with van der Waals surface area (Å²) < 4.78 is 11.3. The second kappa shape index (κ2) is 5.35. The average molecular weight is 254 g/mol. The smallest absolute Gasteiger partial charge is 0.161 e. The highest BCUT2D eigenvalue weighted by molar-refractivity contribution is 5.49. The zero-order valence-corrected chi connectivity index (χ0v) is 11.2. The van der Waals surface area contributed by atoms with Gasteiger partial charge >= 0.3 is 0 Å². The maximum Gasteiger partial charge on any atom is 0.161 e. The summed E-state index contributed by atoms with van der Waals surface area (Å²) in [5, 5.41) is 0. The lowest BCUT2D eigenvalue weighted by Crippen LogP contribution is -1.99. The third-order valence-corrected chi connectivity index (χ3v) is 3.62. The van der Waals surface area contributed by atoms with E-state index in [0.29, 0.717) is 6.61 Å². The van der Waals surface area contributed by atoms with Gasteiger partial charge in [0.2, 0.25) is 0 Å². The number of hydrogen-bond donors (Lipinski definition) is 0. The SMILES string of the molecule is COc1cc2c(cc1OCc1ccccc1)CCC2. The fraction of sp³-hybridized carbons (Fsp3) is 0.294. The van der Waals surface area contributed by atoms with Crippen LogP contribution in [0.3, 0.4) is 0 Å². The summed E-state index contributed by atoms with van der Waals surface area (Å²) in [5.74, 6) is 1.70. The Morgan fingerprint density at radius 3 is 2.32 bits per heavy atom. The standard InChI is InChI=1S/C17H18O2/c1-18-16-10-14-8-5-9-15(14)11-17(16)19-12-13-6-3-2-4-7-13/h2-4,6-7,10-11H,5,8-9,12H2,1H3. The Labute approximate surface area is 114 Å². The summed E-state index contributed by atoms with van der Waals surface area (Å²) in [6.07, 6.45) is 3.55. The molecule has 0 heterocycles. The number of rotatable bonds is 4. The van der Waals surface area contributed by atoms with Crippen LogP contribution < -0.4 is 9.47 Å². The molecule has 2 aromatic carbocycles. The van der Waals surface area contributed by atoms with E-state index in [0.717, 1.165) is 24.3 Å². The summed E-state index contributed by atoms with van der Waals surface area (Å²) >= 11 is 0. The fourth-order valence-corrected chi connectivity index (χ4v) is 2.59. The minimum Gasteiger partial charge on any atom is -0.493 e. The first-order valence-corrected chi connectivity index (χ1v) is 6.73. The highest BCUT2D eigenvalue weighted by atomic mass is 16.5. The van der Waals surface area contributed by atoms with Gasteiger partial charge in [0.05, 0.1) is 7.11 Å². The predicted molar refractivity (Wildman–Crippen MR) is 75.8 cm³/mol. The first-order valence-electron chi connectivity index (χ1n) is 6.73. The van der Waals surface area contributed by atoms with E-state index in [9.17, 15) is 0 Å². The molecule has 1 aliphatic rings. The van der Waals surface area contributed by atoms with Crippen molar-refractivity contribution in [3.63, 3.8) is 0 Å². The van der Waals surface area contributed by atoms with Gasteiger partial charge in [0.15, 0.2) is 11.5 Å². The second-order valence-corrected chi connectivity index (χ2v) is 4.90. The van der Waals surface area contributed by atoms with Crippen LogP contribution in [0.2, 0.25) is 0 Å². The van der Waals surface area contributed by atoms with E-state index in [1.165, 1.54) is 23.1 Å². The monoisotopic (exact) mass is 254 g/mol. The molecule has 2 aromatic rings. The number of hydrogen-bond acceptors (Lipinski definition) is 2. The van der Waals surface area contributed by atoms with Gasteiger partial charge in [0.1, 0.15) is 6.61 Å². The highest BCUT2D eigenvalue weighted by Crippen LogP contribution is 2.35. The number of fused-ring (bicyclic) bond motifs is 1. The molecule has 0 bridgehead atoms. The number of aryl methyl sites for hydroxylation is 2. The Morgan fingerprint density at radius 2 is 1.63 bits per heavy atom. The molecule has 0 fully saturated rings. The summed E-state index contributed by atoms with van der Waals surface area (Å²) in [7, 11) is 1.70. The molecule has 98 valence electrons. The van der Waals surface area contributed by atoms with Crippen molar-refractivity contribution in [1.82, 2.24) is 0 Å². The van der Waals surface area contributed by atoms with Crippen LogP contribution >= 0.6 is 0 Å². The molecular weight excluding hydrogens is 236 g/mol. The van der Waals surface area contributed by atoms with Gasteiger partial charge in [-0.25, -0.2) is 0 Å². The van der Waals surface area contributed by atoms with E-state index >= 15 is 0 Å². The second-order valence-electron chi connectivity index (χ2n) is 4.90. The van der Waals surface area contributed by atoms with Gasteiger partial charge in [-0.3, -0.25) is 0 Å².